The summed E-state index contributed by atoms with van der Waals surface area (Å²) < 4.78 is 59.4. The van der Waals surface area contributed by atoms with Crippen LogP contribution >= 0.6 is 0 Å². The zero-order valence-electron chi connectivity index (χ0n) is 43.9. The third-order valence-electron chi connectivity index (χ3n) is 13.0. The number of unbranched alkanes of at least 4 members (excludes halogenated alkanes) is 31. The lowest BCUT2D eigenvalue weighted by Crippen LogP contribution is -2.60. The Labute approximate surface area is 422 Å². The molecule has 12 nitrogen and oxygen atoms in total. The van der Waals surface area contributed by atoms with Gasteiger partial charge in [0.25, 0.3) is 0 Å². The lowest BCUT2D eigenvalue weighted by molar-refractivity contribution is -0.301. The summed E-state index contributed by atoms with van der Waals surface area (Å²) in [4.78, 5) is 12.9. The molecule has 69 heavy (non-hydrogen) atoms. The highest BCUT2D eigenvalue weighted by molar-refractivity contribution is 7.80. The number of rotatable bonds is 50. The second-order valence-corrected chi connectivity index (χ2v) is 20.6. The maximum Gasteiger partial charge on any atom is 0.397 e. The number of allylic oxidation sites excluding steroid dienone is 6. The molecule has 0 amide bonds. The van der Waals surface area contributed by atoms with Gasteiger partial charge < -0.3 is 34.3 Å². The molecule has 1 heterocycles. The van der Waals surface area contributed by atoms with Gasteiger partial charge in [0, 0.05) is 13.0 Å². The molecule has 0 aliphatic carbocycles. The first-order valence-electron chi connectivity index (χ1n) is 28.2. The van der Waals surface area contributed by atoms with Crippen molar-refractivity contribution >= 4 is 16.4 Å². The molecule has 0 bridgehead atoms. The van der Waals surface area contributed by atoms with Gasteiger partial charge in [0.1, 0.15) is 30.5 Å². The van der Waals surface area contributed by atoms with Gasteiger partial charge in [-0.2, -0.15) is 8.42 Å². The Hall–Kier alpha value is -1.68. The monoisotopic (exact) mass is 1000 g/mol. The Balaban J connectivity index is 2.30. The average Bonchev–Trinajstić information content (AvgIpc) is 3.32. The molecule has 406 valence electrons. The second-order valence-electron chi connectivity index (χ2n) is 19.5. The molecule has 0 aromatic rings. The van der Waals surface area contributed by atoms with Crippen molar-refractivity contribution in [2.24, 2.45) is 0 Å². The summed E-state index contributed by atoms with van der Waals surface area (Å²) in [6.07, 6.45) is 48.9. The molecule has 0 saturated carbocycles. The zero-order valence-corrected chi connectivity index (χ0v) is 44.7. The molecule has 0 aromatic heterocycles. The minimum Gasteiger partial charge on any atom is -0.457 e. The van der Waals surface area contributed by atoms with E-state index in [9.17, 15) is 33.1 Å². The quantitative estimate of drug-likeness (QED) is 0.0196. The van der Waals surface area contributed by atoms with Gasteiger partial charge in [0.15, 0.2) is 6.29 Å². The SMILES string of the molecule is CCCCCC/C=C\C/C=C\CCCCCCCCCC(=O)OC(COCCCCCCCCCCCCCC/C=C\CCCCCCCCCC)COC1OC(CO)C(O)C(OS(=O)(=O)O)C1O. The molecule has 13 heteroatoms. The molecule has 1 rings (SSSR count). The fourth-order valence-corrected chi connectivity index (χ4v) is 9.21. The van der Waals surface area contributed by atoms with Crippen molar-refractivity contribution in [3.8, 4) is 0 Å². The number of hydrogen-bond donors (Lipinski definition) is 4. The average molecular weight is 1000 g/mol. The van der Waals surface area contributed by atoms with Crippen LogP contribution in [-0.4, -0.2) is 97.5 Å². The molecule has 1 aliphatic rings. The summed E-state index contributed by atoms with van der Waals surface area (Å²) in [5.74, 6) is -0.404. The van der Waals surface area contributed by atoms with E-state index in [-0.39, 0.29) is 19.6 Å². The highest BCUT2D eigenvalue weighted by Crippen LogP contribution is 2.26. The maximum absolute atomic E-state index is 12.9. The van der Waals surface area contributed by atoms with Crippen LogP contribution in [0.3, 0.4) is 0 Å². The Kier molecular flexibility index (Phi) is 44.8. The van der Waals surface area contributed by atoms with E-state index in [1.54, 1.807) is 0 Å². The first-order chi connectivity index (χ1) is 33.6. The van der Waals surface area contributed by atoms with Crippen molar-refractivity contribution < 1.29 is 56.2 Å². The molecule has 1 fully saturated rings. The van der Waals surface area contributed by atoms with Crippen LogP contribution < -0.4 is 0 Å². The van der Waals surface area contributed by atoms with Crippen LogP contribution in [0.15, 0.2) is 36.5 Å². The fraction of sp³-hybridized carbons (Fsp3) is 0.875. The highest BCUT2D eigenvalue weighted by atomic mass is 32.3. The van der Waals surface area contributed by atoms with Crippen molar-refractivity contribution in [2.45, 2.75) is 288 Å². The minimum absolute atomic E-state index is 0.0344. The summed E-state index contributed by atoms with van der Waals surface area (Å²) in [5, 5.41) is 30.8. The van der Waals surface area contributed by atoms with Crippen LogP contribution in [0.25, 0.3) is 0 Å². The van der Waals surface area contributed by atoms with Crippen molar-refractivity contribution in [2.75, 3.05) is 26.4 Å². The van der Waals surface area contributed by atoms with E-state index in [4.69, 9.17) is 18.9 Å². The molecular formula is C56H104O12S. The minimum atomic E-state index is -5.07. The number of esters is 1. The Morgan fingerprint density at radius 1 is 0.551 bits per heavy atom. The van der Waals surface area contributed by atoms with Crippen LogP contribution in [0, 0.1) is 0 Å². The summed E-state index contributed by atoms with van der Waals surface area (Å²) in [7, 11) is -5.07. The van der Waals surface area contributed by atoms with Gasteiger partial charge in [0.2, 0.25) is 0 Å². The third-order valence-corrected chi connectivity index (χ3v) is 13.5. The molecule has 6 atom stereocenters. The molecule has 0 aromatic carbocycles. The van der Waals surface area contributed by atoms with Gasteiger partial charge in [-0.1, -0.05) is 211 Å². The smallest absolute Gasteiger partial charge is 0.397 e. The number of carbonyl (C=O) groups is 1. The van der Waals surface area contributed by atoms with Gasteiger partial charge in [-0.05, 0) is 70.6 Å². The zero-order chi connectivity index (χ0) is 50.3. The lowest BCUT2D eigenvalue weighted by atomic mass is 9.99. The topological polar surface area (TPSA) is 178 Å². The van der Waals surface area contributed by atoms with Crippen LogP contribution in [0.2, 0.25) is 0 Å². The Morgan fingerprint density at radius 3 is 1.41 bits per heavy atom. The van der Waals surface area contributed by atoms with Crippen molar-refractivity contribution in [1.29, 1.82) is 0 Å². The summed E-state index contributed by atoms with van der Waals surface area (Å²) in [6.45, 7) is 4.00. The third kappa shape index (κ3) is 40.5. The molecule has 1 saturated heterocycles. The fourth-order valence-electron chi connectivity index (χ4n) is 8.70. The molecule has 4 N–H and O–H groups in total. The lowest BCUT2D eigenvalue weighted by Gasteiger charge is -2.41. The van der Waals surface area contributed by atoms with Crippen LogP contribution in [0.4, 0.5) is 0 Å². The first kappa shape index (κ1) is 65.3. The summed E-state index contributed by atoms with van der Waals surface area (Å²) in [5.41, 5.74) is 0. The number of ether oxygens (including phenoxy) is 4. The van der Waals surface area contributed by atoms with Gasteiger partial charge in [-0.3, -0.25) is 9.35 Å². The van der Waals surface area contributed by atoms with Gasteiger partial charge in [-0.15, -0.1) is 0 Å². The Morgan fingerprint density at radius 2 is 0.957 bits per heavy atom. The van der Waals surface area contributed by atoms with Gasteiger partial charge >= 0.3 is 16.4 Å². The van der Waals surface area contributed by atoms with E-state index in [0.717, 1.165) is 51.4 Å². The van der Waals surface area contributed by atoms with E-state index < -0.39 is 59.8 Å². The van der Waals surface area contributed by atoms with E-state index in [1.165, 1.54) is 173 Å². The highest BCUT2D eigenvalue weighted by Gasteiger charge is 2.48. The van der Waals surface area contributed by atoms with Crippen molar-refractivity contribution in [3.63, 3.8) is 0 Å². The predicted molar refractivity (Wildman–Crippen MR) is 280 cm³/mol. The van der Waals surface area contributed by atoms with Crippen molar-refractivity contribution in [1.82, 2.24) is 0 Å². The van der Waals surface area contributed by atoms with Crippen LogP contribution in [0.1, 0.15) is 251 Å². The van der Waals surface area contributed by atoms with Crippen LogP contribution in [-0.2, 0) is 38.3 Å². The maximum atomic E-state index is 12.9. The second kappa shape index (κ2) is 47.3. The summed E-state index contributed by atoms with van der Waals surface area (Å²) >= 11 is 0. The van der Waals surface area contributed by atoms with Crippen LogP contribution in [0.5, 0.6) is 0 Å². The number of aliphatic hydroxyl groups is 3. The molecule has 0 radical (unpaired) electrons. The number of carbonyl (C=O) groups excluding carboxylic acids is 1. The standard InChI is InChI=1S/C56H104O12S/c1-3-5-7-9-11-13-15-17-19-21-23-24-25-26-27-28-30-32-34-36-38-40-42-44-46-64-48-50(49-65-56-54(60)55(68-69(61,62)63)53(59)51(47-57)67-56)66-52(58)45-43-41-39-37-35-33-31-29-22-20-18-16-14-12-10-8-6-4-2/h14,16,20-23,50-51,53-57,59-60H,3-13,15,17-19,24-49H2,1-2H3,(H,61,62,63)/b16-14-,22-20-,23-21-. The van der Waals surface area contributed by atoms with E-state index >= 15 is 0 Å². The van der Waals surface area contributed by atoms with Gasteiger partial charge in [0.05, 0.1) is 19.8 Å². The normalized spacial score (nSPS) is 19.4. The van der Waals surface area contributed by atoms with Crippen molar-refractivity contribution in [3.05, 3.63) is 36.5 Å². The molecule has 0 spiro atoms. The van der Waals surface area contributed by atoms with E-state index in [1.807, 2.05) is 0 Å². The summed E-state index contributed by atoms with van der Waals surface area (Å²) in [6, 6.07) is 0. The van der Waals surface area contributed by atoms with E-state index in [2.05, 4.69) is 54.5 Å². The first-order valence-corrected chi connectivity index (χ1v) is 29.6. The van der Waals surface area contributed by atoms with E-state index in [0.29, 0.717) is 13.0 Å². The molecular weight excluding hydrogens is 897 g/mol. The number of hydrogen-bond acceptors (Lipinski definition) is 11. The number of aliphatic hydroxyl groups excluding tert-OH is 3. The molecule has 1 aliphatic heterocycles. The predicted octanol–water partition coefficient (Wildman–Crippen LogP) is 13.7. The Bertz CT molecular complexity index is 1340. The largest absolute Gasteiger partial charge is 0.457 e. The molecule has 6 unspecified atom stereocenters. The van der Waals surface area contributed by atoms with Gasteiger partial charge in [-0.25, -0.2) is 4.18 Å².